The van der Waals surface area contributed by atoms with Crippen molar-refractivity contribution >= 4 is 17.7 Å². The zero-order chi connectivity index (χ0) is 14.0. The normalized spacial score (nSPS) is 20.3. The number of hydrogen-bond donors (Lipinski definition) is 0. The van der Waals surface area contributed by atoms with Crippen LogP contribution in [0.4, 0.5) is 11.4 Å². The summed E-state index contributed by atoms with van der Waals surface area (Å²) >= 11 is 0. The molecule has 0 N–H and O–H groups in total. The number of non-ortho nitro benzene ring substituents is 1. The smallest absolute Gasteiger partial charge is 0.270 e. The molecule has 1 saturated heterocycles. The van der Waals surface area contributed by atoms with E-state index in [0.717, 1.165) is 25.3 Å². The molecule has 6 nitrogen and oxygen atoms in total. The first-order valence-corrected chi connectivity index (χ1v) is 6.21. The van der Waals surface area contributed by atoms with E-state index in [1.807, 2.05) is 0 Å². The molecule has 1 fully saturated rings. The van der Waals surface area contributed by atoms with E-state index in [4.69, 9.17) is 0 Å². The Kier molecular flexibility index (Phi) is 3.80. The highest BCUT2D eigenvalue weighted by atomic mass is 16.6. The summed E-state index contributed by atoms with van der Waals surface area (Å²) in [5.74, 6) is 0. The second-order valence-corrected chi connectivity index (χ2v) is 4.92. The van der Waals surface area contributed by atoms with Gasteiger partial charge in [-0.1, -0.05) is 0 Å². The number of anilines is 1. The molecule has 0 radical (unpaired) electrons. The van der Waals surface area contributed by atoms with Crippen molar-refractivity contribution in [2.45, 2.75) is 13.0 Å². The molecule has 0 bridgehead atoms. The Morgan fingerprint density at radius 2 is 2.16 bits per heavy atom. The van der Waals surface area contributed by atoms with Gasteiger partial charge < -0.3 is 9.80 Å². The number of likely N-dealkylation sites (N-methyl/N-ethyl adjacent to an activating group) is 1. The van der Waals surface area contributed by atoms with Gasteiger partial charge in [0.25, 0.3) is 5.69 Å². The van der Waals surface area contributed by atoms with Crippen LogP contribution >= 0.6 is 0 Å². The monoisotopic (exact) mass is 263 g/mol. The molecule has 1 aliphatic rings. The summed E-state index contributed by atoms with van der Waals surface area (Å²) in [5, 5.41) is 10.7. The third-order valence-electron chi connectivity index (χ3n) is 3.49. The van der Waals surface area contributed by atoms with Gasteiger partial charge >= 0.3 is 0 Å². The quantitative estimate of drug-likeness (QED) is 0.470. The minimum absolute atomic E-state index is 0.0485. The molecule has 1 aliphatic heterocycles. The van der Waals surface area contributed by atoms with Gasteiger partial charge in [-0.05, 0) is 20.0 Å². The minimum Gasteiger partial charge on any atom is -0.366 e. The van der Waals surface area contributed by atoms with E-state index >= 15 is 0 Å². The van der Waals surface area contributed by atoms with Crippen LogP contribution in [0.15, 0.2) is 18.2 Å². The van der Waals surface area contributed by atoms with Gasteiger partial charge in [-0.15, -0.1) is 0 Å². The lowest BCUT2D eigenvalue weighted by molar-refractivity contribution is -0.384. The fourth-order valence-corrected chi connectivity index (χ4v) is 2.51. The molecular weight excluding hydrogens is 246 g/mol. The van der Waals surface area contributed by atoms with E-state index < -0.39 is 4.92 Å². The zero-order valence-electron chi connectivity index (χ0n) is 11.1. The van der Waals surface area contributed by atoms with E-state index in [-0.39, 0.29) is 11.7 Å². The van der Waals surface area contributed by atoms with Gasteiger partial charge in [0, 0.05) is 49.1 Å². The van der Waals surface area contributed by atoms with Crippen LogP contribution in [0.3, 0.4) is 0 Å². The topological polar surface area (TPSA) is 66.7 Å². The van der Waals surface area contributed by atoms with Crippen molar-refractivity contribution in [1.29, 1.82) is 0 Å². The summed E-state index contributed by atoms with van der Waals surface area (Å²) in [6.07, 6.45) is 0.688. The molecule has 1 aromatic carbocycles. The van der Waals surface area contributed by atoms with Crippen molar-refractivity contribution in [2.75, 3.05) is 31.6 Å². The number of rotatable bonds is 3. The average Bonchev–Trinajstić information content (AvgIpc) is 2.38. The number of carbonyl (C=O) groups excluding carboxylic acids is 1. The Morgan fingerprint density at radius 1 is 1.42 bits per heavy atom. The van der Waals surface area contributed by atoms with Gasteiger partial charge in [0.15, 0.2) is 6.29 Å². The number of nitro groups is 1. The first kappa shape index (κ1) is 13.5. The largest absolute Gasteiger partial charge is 0.366 e. The van der Waals surface area contributed by atoms with Crippen LogP contribution in [-0.2, 0) is 0 Å². The van der Waals surface area contributed by atoms with Crippen LogP contribution in [0, 0.1) is 10.1 Å². The minimum atomic E-state index is -0.482. The maximum atomic E-state index is 11.2. The molecule has 2 rings (SSSR count). The van der Waals surface area contributed by atoms with E-state index in [0.29, 0.717) is 11.8 Å². The number of benzene rings is 1. The van der Waals surface area contributed by atoms with Crippen molar-refractivity contribution in [3.8, 4) is 0 Å². The third-order valence-corrected chi connectivity index (χ3v) is 3.49. The summed E-state index contributed by atoms with van der Waals surface area (Å²) in [5.41, 5.74) is 1.11. The van der Waals surface area contributed by atoms with Crippen molar-refractivity contribution in [3.05, 3.63) is 33.9 Å². The summed E-state index contributed by atoms with van der Waals surface area (Å²) in [6, 6.07) is 4.74. The summed E-state index contributed by atoms with van der Waals surface area (Å²) in [6.45, 7) is 4.73. The highest BCUT2D eigenvalue weighted by Gasteiger charge is 2.24. The first-order chi connectivity index (χ1) is 9.02. The number of nitro benzene ring substituents is 1. The van der Waals surface area contributed by atoms with Gasteiger partial charge in [0.1, 0.15) is 0 Å². The Hall–Kier alpha value is -1.95. The maximum absolute atomic E-state index is 11.2. The number of nitrogens with zero attached hydrogens (tertiary/aromatic N) is 3. The van der Waals surface area contributed by atoms with Crippen LogP contribution in [-0.4, -0.2) is 48.8 Å². The Bertz CT molecular complexity index is 504. The molecule has 1 aromatic rings. The predicted molar refractivity (Wildman–Crippen MR) is 72.8 cm³/mol. The molecule has 0 aromatic heterocycles. The molecule has 0 aliphatic carbocycles. The lowest BCUT2D eigenvalue weighted by Gasteiger charge is -2.40. The van der Waals surface area contributed by atoms with Crippen LogP contribution in [0.2, 0.25) is 0 Å². The fraction of sp³-hybridized carbons (Fsp3) is 0.462. The van der Waals surface area contributed by atoms with Crippen LogP contribution in [0.25, 0.3) is 0 Å². The molecule has 19 heavy (non-hydrogen) atoms. The van der Waals surface area contributed by atoms with Crippen molar-refractivity contribution in [3.63, 3.8) is 0 Å². The van der Waals surface area contributed by atoms with Crippen LogP contribution in [0.1, 0.15) is 17.3 Å². The molecule has 1 heterocycles. The SMILES string of the molecule is CC1CN(C)CCN1c1ccc([N+](=O)[O-])cc1C=O. The Labute approximate surface area is 111 Å². The van der Waals surface area contributed by atoms with E-state index in [9.17, 15) is 14.9 Å². The first-order valence-electron chi connectivity index (χ1n) is 6.21. The van der Waals surface area contributed by atoms with Crippen molar-refractivity contribution < 1.29 is 9.72 Å². The second-order valence-electron chi connectivity index (χ2n) is 4.92. The molecular formula is C13H17N3O3. The summed E-state index contributed by atoms with van der Waals surface area (Å²) in [4.78, 5) is 25.8. The third kappa shape index (κ3) is 2.73. The van der Waals surface area contributed by atoms with Gasteiger partial charge in [-0.25, -0.2) is 0 Å². The van der Waals surface area contributed by atoms with Gasteiger partial charge in [-0.2, -0.15) is 0 Å². The van der Waals surface area contributed by atoms with E-state index in [1.54, 1.807) is 6.07 Å². The summed E-state index contributed by atoms with van der Waals surface area (Å²) < 4.78 is 0. The highest BCUT2D eigenvalue weighted by Crippen LogP contribution is 2.27. The molecule has 0 saturated carbocycles. The van der Waals surface area contributed by atoms with E-state index in [1.165, 1.54) is 12.1 Å². The lowest BCUT2D eigenvalue weighted by atomic mass is 10.1. The Morgan fingerprint density at radius 3 is 2.74 bits per heavy atom. The lowest BCUT2D eigenvalue weighted by Crippen LogP contribution is -2.50. The highest BCUT2D eigenvalue weighted by molar-refractivity contribution is 5.86. The van der Waals surface area contributed by atoms with Crippen LogP contribution < -0.4 is 4.90 Å². The van der Waals surface area contributed by atoms with Crippen molar-refractivity contribution in [1.82, 2.24) is 4.90 Å². The van der Waals surface area contributed by atoms with Crippen molar-refractivity contribution in [2.24, 2.45) is 0 Å². The maximum Gasteiger partial charge on any atom is 0.270 e. The fourth-order valence-electron chi connectivity index (χ4n) is 2.51. The average molecular weight is 263 g/mol. The predicted octanol–water partition coefficient (Wildman–Crippen LogP) is 1.55. The number of piperazine rings is 1. The number of hydrogen-bond acceptors (Lipinski definition) is 5. The molecule has 102 valence electrons. The standard InChI is InChI=1S/C13H17N3O3/c1-10-8-14(2)5-6-15(10)13-4-3-12(16(18)19)7-11(13)9-17/h3-4,7,9-10H,5-6,8H2,1-2H3. The molecule has 6 heteroatoms. The molecule has 0 amide bonds. The molecule has 1 atom stereocenters. The number of aldehydes is 1. The molecule has 1 unspecified atom stereocenters. The number of carbonyl (C=O) groups is 1. The zero-order valence-corrected chi connectivity index (χ0v) is 11.1. The Balaban J connectivity index is 2.34. The van der Waals surface area contributed by atoms with Gasteiger partial charge in [0.2, 0.25) is 0 Å². The van der Waals surface area contributed by atoms with Gasteiger partial charge in [-0.3, -0.25) is 14.9 Å². The molecule has 0 spiro atoms. The van der Waals surface area contributed by atoms with Gasteiger partial charge in [0.05, 0.1) is 4.92 Å². The van der Waals surface area contributed by atoms with E-state index in [2.05, 4.69) is 23.8 Å². The second kappa shape index (κ2) is 5.36. The van der Waals surface area contributed by atoms with Crippen LogP contribution in [0.5, 0.6) is 0 Å². The summed E-state index contributed by atoms with van der Waals surface area (Å²) in [7, 11) is 2.06.